The van der Waals surface area contributed by atoms with Gasteiger partial charge in [-0.2, -0.15) is 4.31 Å². The number of rotatable bonds is 5. The second-order valence-corrected chi connectivity index (χ2v) is 8.01. The first kappa shape index (κ1) is 16.2. The summed E-state index contributed by atoms with van der Waals surface area (Å²) in [5.41, 5.74) is 0. The van der Waals surface area contributed by atoms with Gasteiger partial charge in [-0.25, -0.2) is 8.42 Å². The molecule has 0 aliphatic heterocycles. The number of aliphatic hydroxyl groups is 1. The fourth-order valence-corrected chi connectivity index (χ4v) is 4.91. The van der Waals surface area contributed by atoms with Gasteiger partial charge in [0.05, 0.1) is 16.5 Å². The molecule has 112 valence electrons. The van der Waals surface area contributed by atoms with Gasteiger partial charge in [0.25, 0.3) is 0 Å². The van der Waals surface area contributed by atoms with E-state index in [1.165, 1.54) is 16.4 Å². The lowest BCUT2D eigenvalue weighted by Gasteiger charge is -2.27. The second-order valence-electron chi connectivity index (χ2n) is 4.85. The van der Waals surface area contributed by atoms with Crippen molar-refractivity contribution < 1.29 is 13.5 Å². The van der Waals surface area contributed by atoms with Crippen molar-refractivity contribution in [3.05, 3.63) is 27.7 Å². The smallest absolute Gasteiger partial charge is 0.243 e. The highest BCUT2D eigenvalue weighted by atomic mass is 79.9. The Morgan fingerprint density at radius 2 is 2.00 bits per heavy atom. The van der Waals surface area contributed by atoms with Gasteiger partial charge in [0.1, 0.15) is 0 Å². The number of nitrogens with zero attached hydrogens (tertiary/aromatic N) is 1. The quantitative estimate of drug-likeness (QED) is 0.851. The summed E-state index contributed by atoms with van der Waals surface area (Å²) in [5, 5.41) is 9.64. The molecule has 0 radical (unpaired) electrons. The molecule has 2 rings (SSSR count). The molecule has 0 unspecified atom stereocenters. The standard InChI is InChI=1S/C13H17BrClNO3S/c14-12-9-11(5-6-13(12)15)20(18,19)16(7-8-17)10-3-1-2-4-10/h5-6,9-10,17H,1-4,7-8H2. The van der Waals surface area contributed by atoms with Crippen molar-refractivity contribution >= 4 is 37.6 Å². The van der Waals surface area contributed by atoms with Crippen LogP contribution in [0.15, 0.2) is 27.6 Å². The minimum absolute atomic E-state index is 0.0124. The van der Waals surface area contributed by atoms with Gasteiger partial charge in [0, 0.05) is 17.1 Å². The van der Waals surface area contributed by atoms with Crippen molar-refractivity contribution in [1.29, 1.82) is 0 Å². The van der Waals surface area contributed by atoms with E-state index >= 15 is 0 Å². The molecular weight excluding hydrogens is 366 g/mol. The molecule has 7 heteroatoms. The topological polar surface area (TPSA) is 57.6 Å². The summed E-state index contributed by atoms with van der Waals surface area (Å²) in [5.74, 6) is 0. The molecule has 1 aromatic carbocycles. The SMILES string of the molecule is O=S(=O)(c1ccc(Cl)c(Br)c1)N(CCO)C1CCCC1. The van der Waals surface area contributed by atoms with E-state index in [0.29, 0.717) is 9.50 Å². The van der Waals surface area contributed by atoms with Crippen LogP contribution in [-0.2, 0) is 10.0 Å². The van der Waals surface area contributed by atoms with E-state index < -0.39 is 10.0 Å². The van der Waals surface area contributed by atoms with Crippen LogP contribution < -0.4 is 0 Å². The summed E-state index contributed by atoms with van der Waals surface area (Å²) >= 11 is 9.15. The maximum Gasteiger partial charge on any atom is 0.243 e. The monoisotopic (exact) mass is 381 g/mol. The summed E-state index contributed by atoms with van der Waals surface area (Å²) in [4.78, 5) is 0.203. The molecular formula is C13H17BrClNO3S. The molecule has 0 spiro atoms. The fourth-order valence-electron chi connectivity index (χ4n) is 2.56. The highest BCUT2D eigenvalue weighted by molar-refractivity contribution is 9.10. The van der Waals surface area contributed by atoms with Crippen molar-refractivity contribution in [3.8, 4) is 0 Å². The highest BCUT2D eigenvalue weighted by Crippen LogP contribution is 2.31. The molecule has 0 atom stereocenters. The molecule has 1 N–H and O–H groups in total. The lowest BCUT2D eigenvalue weighted by molar-refractivity contribution is 0.226. The predicted octanol–water partition coefficient (Wildman–Crippen LogP) is 3.03. The normalized spacial score (nSPS) is 17.0. The van der Waals surface area contributed by atoms with E-state index in [0.717, 1.165) is 25.7 Å². The molecule has 1 fully saturated rings. The summed E-state index contributed by atoms with van der Waals surface area (Å²) in [6.45, 7) is -0.0439. The second kappa shape index (κ2) is 6.75. The Labute approximate surface area is 132 Å². The van der Waals surface area contributed by atoms with E-state index in [4.69, 9.17) is 16.7 Å². The summed E-state index contributed by atoms with van der Waals surface area (Å²) in [6, 6.07) is 4.56. The largest absolute Gasteiger partial charge is 0.395 e. The number of hydrogen-bond donors (Lipinski definition) is 1. The molecule has 1 saturated carbocycles. The Bertz CT molecular complexity index is 573. The Hall–Kier alpha value is -0.140. The van der Waals surface area contributed by atoms with Gasteiger partial charge < -0.3 is 5.11 Å². The van der Waals surface area contributed by atoms with Crippen LogP contribution in [0, 0.1) is 0 Å². The molecule has 0 amide bonds. The zero-order chi connectivity index (χ0) is 14.8. The molecule has 0 heterocycles. The van der Waals surface area contributed by atoms with Crippen molar-refractivity contribution in [2.24, 2.45) is 0 Å². The van der Waals surface area contributed by atoms with E-state index in [1.807, 2.05) is 0 Å². The number of sulfonamides is 1. The Morgan fingerprint density at radius 3 is 2.55 bits per heavy atom. The lowest BCUT2D eigenvalue weighted by atomic mass is 10.2. The molecule has 1 aliphatic rings. The third kappa shape index (κ3) is 3.36. The van der Waals surface area contributed by atoms with Gasteiger partial charge in [0.15, 0.2) is 0 Å². The van der Waals surface area contributed by atoms with Crippen LogP contribution >= 0.6 is 27.5 Å². The molecule has 0 bridgehead atoms. The highest BCUT2D eigenvalue weighted by Gasteiger charge is 2.32. The number of halogens is 2. The summed E-state index contributed by atoms with van der Waals surface area (Å²) < 4.78 is 27.4. The zero-order valence-electron chi connectivity index (χ0n) is 10.9. The van der Waals surface area contributed by atoms with Gasteiger partial charge in [-0.1, -0.05) is 24.4 Å². The third-order valence-corrected chi connectivity index (χ3v) is 6.71. The first-order valence-electron chi connectivity index (χ1n) is 6.54. The number of benzene rings is 1. The molecule has 1 aromatic rings. The third-order valence-electron chi connectivity index (χ3n) is 3.55. The van der Waals surface area contributed by atoms with Crippen molar-refractivity contribution in [1.82, 2.24) is 4.31 Å². The van der Waals surface area contributed by atoms with Crippen LogP contribution in [0.3, 0.4) is 0 Å². The van der Waals surface area contributed by atoms with E-state index in [9.17, 15) is 8.42 Å². The van der Waals surface area contributed by atoms with E-state index in [1.54, 1.807) is 6.07 Å². The average Bonchev–Trinajstić information content (AvgIpc) is 2.92. The van der Waals surface area contributed by atoms with E-state index in [-0.39, 0.29) is 24.1 Å². The van der Waals surface area contributed by atoms with Gasteiger partial charge in [-0.15, -0.1) is 0 Å². The lowest BCUT2D eigenvalue weighted by Crippen LogP contribution is -2.40. The Morgan fingerprint density at radius 1 is 1.35 bits per heavy atom. The van der Waals surface area contributed by atoms with Crippen molar-refractivity contribution in [3.63, 3.8) is 0 Å². The van der Waals surface area contributed by atoms with Gasteiger partial charge in [-0.3, -0.25) is 0 Å². The first-order chi connectivity index (χ1) is 9.46. The van der Waals surface area contributed by atoms with Crippen LogP contribution in [0.25, 0.3) is 0 Å². The van der Waals surface area contributed by atoms with Crippen molar-refractivity contribution in [2.75, 3.05) is 13.2 Å². The average molecular weight is 383 g/mol. The van der Waals surface area contributed by atoms with Crippen LogP contribution in [0.4, 0.5) is 0 Å². The van der Waals surface area contributed by atoms with E-state index in [2.05, 4.69) is 15.9 Å². The number of aliphatic hydroxyl groups excluding tert-OH is 1. The molecule has 1 aliphatic carbocycles. The minimum atomic E-state index is -3.60. The van der Waals surface area contributed by atoms with Crippen LogP contribution in [-0.4, -0.2) is 37.0 Å². The Kier molecular flexibility index (Phi) is 5.48. The zero-order valence-corrected chi connectivity index (χ0v) is 14.1. The maximum atomic E-state index is 12.7. The fraction of sp³-hybridized carbons (Fsp3) is 0.538. The first-order valence-corrected chi connectivity index (χ1v) is 9.15. The number of hydrogen-bond acceptors (Lipinski definition) is 3. The van der Waals surface area contributed by atoms with Gasteiger partial charge in [-0.05, 0) is 47.0 Å². The maximum absolute atomic E-state index is 12.7. The molecule has 20 heavy (non-hydrogen) atoms. The molecule has 0 saturated heterocycles. The summed E-state index contributed by atoms with van der Waals surface area (Å²) in [6.07, 6.45) is 3.78. The van der Waals surface area contributed by atoms with Crippen LogP contribution in [0.1, 0.15) is 25.7 Å². The Balaban J connectivity index is 2.36. The van der Waals surface area contributed by atoms with Crippen LogP contribution in [0.5, 0.6) is 0 Å². The van der Waals surface area contributed by atoms with Gasteiger partial charge in [0.2, 0.25) is 10.0 Å². The minimum Gasteiger partial charge on any atom is -0.395 e. The molecule has 4 nitrogen and oxygen atoms in total. The van der Waals surface area contributed by atoms with Crippen LogP contribution in [0.2, 0.25) is 5.02 Å². The summed E-state index contributed by atoms with van der Waals surface area (Å²) in [7, 11) is -3.60. The predicted molar refractivity (Wildman–Crippen MR) is 82.4 cm³/mol. The van der Waals surface area contributed by atoms with Crippen molar-refractivity contribution in [2.45, 2.75) is 36.6 Å². The van der Waals surface area contributed by atoms with Gasteiger partial charge >= 0.3 is 0 Å². The molecule has 0 aromatic heterocycles.